The van der Waals surface area contributed by atoms with Gasteiger partial charge in [0.05, 0.1) is 22.2 Å². The fraction of sp³-hybridized carbons (Fsp3) is 0.200. The number of hydrogen-bond acceptors (Lipinski definition) is 2. The summed E-state index contributed by atoms with van der Waals surface area (Å²) < 4.78 is 0. The minimum absolute atomic E-state index is 0.103. The first-order chi connectivity index (χ1) is 9.16. The molecule has 2 N–H and O–H groups in total. The molecule has 0 spiro atoms. The molecule has 0 aromatic heterocycles. The number of aliphatic hydroxyl groups is 1. The van der Waals surface area contributed by atoms with Crippen LogP contribution in [0.3, 0.4) is 0 Å². The molecule has 98 valence electrons. The van der Waals surface area contributed by atoms with Crippen molar-refractivity contribution in [1.29, 1.82) is 0 Å². The lowest BCUT2D eigenvalue weighted by Crippen LogP contribution is -2.20. The summed E-state index contributed by atoms with van der Waals surface area (Å²) in [6.07, 6.45) is -0.640. The van der Waals surface area contributed by atoms with Gasteiger partial charge in [-0.2, -0.15) is 0 Å². The average Bonchev–Trinajstić information content (AvgIpc) is 2.85. The first kappa shape index (κ1) is 12.9. The van der Waals surface area contributed by atoms with Gasteiger partial charge in [0.2, 0.25) is 0 Å². The topological polar surface area (TPSA) is 32.3 Å². The summed E-state index contributed by atoms with van der Waals surface area (Å²) in [6.45, 7) is 0.777. The average molecular weight is 294 g/mol. The Morgan fingerprint density at radius 3 is 2.68 bits per heavy atom. The summed E-state index contributed by atoms with van der Waals surface area (Å²) in [5, 5.41) is 14.8. The summed E-state index contributed by atoms with van der Waals surface area (Å²) in [6, 6.07) is 13.2. The highest BCUT2D eigenvalue weighted by Crippen LogP contribution is 2.36. The van der Waals surface area contributed by atoms with Gasteiger partial charge in [-0.1, -0.05) is 53.5 Å². The lowest BCUT2D eigenvalue weighted by molar-refractivity contribution is 0.133. The summed E-state index contributed by atoms with van der Waals surface area (Å²) in [4.78, 5) is 0. The van der Waals surface area contributed by atoms with Gasteiger partial charge >= 0.3 is 0 Å². The molecule has 2 aromatic rings. The van der Waals surface area contributed by atoms with Crippen molar-refractivity contribution in [2.45, 2.75) is 18.7 Å². The monoisotopic (exact) mass is 293 g/mol. The molecule has 2 nitrogen and oxygen atoms in total. The molecule has 4 heteroatoms. The highest BCUT2D eigenvalue weighted by atomic mass is 35.5. The molecule has 19 heavy (non-hydrogen) atoms. The molecule has 2 unspecified atom stereocenters. The maximum Gasteiger partial charge on any atom is 0.0985 e. The maximum absolute atomic E-state index is 10.5. The van der Waals surface area contributed by atoms with Crippen molar-refractivity contribution in [2.24, 2.45) is 0 Å². The molecule has 0 saturated carbocycles. The maximum atomic E-state index is 10.5. The van der Waals surface area contributed by atoms with Gasteiger partial charge in [0.25, 0.3) is 0 Å². The zero-order valence-electron chi connectivity index (χ0n) is 10.1. The molecule has 1 aliphatic heterocycles. The third kappa shape index (κ3) is 2.37. The van der Waals surface area contributed by atoms with E-state index in [9.17, 15) is 5.11 Å². The van der Waals surface area contributed by atoms with Crippen molar-refractivity contribution >= 4 is 23.2 Å². The van der Waals surface area contributed by atoms with Crippen molar-refractivity contribution in [3.63, 3.8) is 0 Å². The highest BCUT2D eigenvalue weighted by molar-refractivity contribution is 6.42. The van der Waals surface area contributed by atoms with Crippen LogP contribution in [0.2, 0.25) is 10.0 Å². The number of halogens is 2. The third-order valence-electron chi connectivity index (χ3n) is 3.50. The van der Waals surface area contributed by atoms with Gasteiger partial charge in [-0.25, -0.2) is 0 Å². The summed E-state index contributed by atoms with van der Waals surface area (Å²) in [5.41, 5.74) is 3.14. The number of hydrogen-bond donors (Lipinski definition) is 2. The second kappa shape index (κ2) is 5.14. The number of fused-ring (bicyclic) bond motifs is 1. The smallest absolute Gasteiger partial charge is 0.0985 e. The Kier molecular flexibility index (Phi) is 3.50. The fourth-order valence-electron chi connectivity index (χ4n) is 2.50. The number of rotatable bonds is 2. The van der Waals surface area contributed by atoms with Gasteiger partial charge in [0.15, 0.2) is 0 Å². The summed E-state index contributed by atoms with van der Waals surface area (Å²) in [7, 11) is 0. The van der Waals surface area contributed by atoms with Crippen molar-refractivity contribution in [1.82, 2.24) is 5.32 Å². The lowest BCUT2D eigenvalue weighted by atomic mass is 9.96. The third-order valence-corrected chi connectivity index (χ3v) is 4.24. The molecule has 2 aromatic carbocycles. The van der Waals surface area contributed by atoms with Crippen LogP contribution in [-0.4, -0.2) is 5.11 Å². The lowest BCUT2D eigenvalue weighted by Gasteiger charge is -2.20. The second-order valence-corrected chi connectivity index (χ2v) is 5.49. The predicted molar refractivity (Wildman–Crippen MR) is 77.4 cm³/mol. The van der Waals surface area contributed by atoms with Gasteiger partial charge in [0, 0.05) is 6.54 Å². The molecular weight excluding hydrogens is 281 g/mol. The molecule has 0 saturated heterocycles. The Labute approximate surface area is 122 Å². The van der Waals surface area contributed by atoms with Gasteiger partial charge in [-0.3, -0.25) is 0 Å². The van der Waals surface area contributed by atoms with Gasteiger partial charge in [-0.15, -0.1) is 0 Å². The highest BCUT2D eigenvalue weighted by Gasteiger charge is 2.28. The first-order valence-corrected chi connectivity index (χ1v) is 6.86. The zero-order chi connectivity index (χ0) is 13.4. The van der Waals surface area contributed by atoms with E-state index in [2.05, 4.69) is 11.4 Å². The molecule has 0 bridgehead atoms. The standard InChI is InChI=1S/C15H13Cl2NO/c16-12-6-5-9(7-13(12)17)15(19)14-11-4-2-1-3-10(11)8-18-14/h1-7,14-15,18-19H,8H2. The molecule has 0 radical (unpaired) electrons. The summed E-state index contributed by atoms with van der Waals surface area (Å²) >= 11 is 11.9. The SMILES string of the molecule is OC(c1ccc(Cl)c(Cl)c1)C1NCc2ccccc21. The van der Waals surface area contributed by atoms with Gasteiger partial charge < -0.3 is 10.4 Å². The van der Waals surface area contributed by atoms with E-state index >= 15 is 0 Å². The van der Waals surface area contributed by atoms with Crippen LogP contribution in [0.15, 0.2) is 42.5 Å². The Bertz CT molecular complexity index is 615. The molecule has 0 amide bonds. The van der Waals surface area contributed by atoms with E-state index in [1.165, 1.54) is 5.56 Å². The normalized spacial score (nSPS) is 19.2. The predicted octanol–water partition coefficient (Wildman–Crippen LogP) is 3.87. The van der Waals surface area contributed by atoms with Crippen LogP contribution < -0.4 is 5.32 Å². The van der Waals surface area contributed by atoms with Crippen LogP contribution in [0.4, 0.5) is 0 Å². The summed E-state index contributed by atoms with van der Waals surface area (Å²) in [5.74, 6) is 0. The van der Waals surface area contributed by atoms with E-state index < -0.39 is 6.10 Å². The van der Waals surface area contributed by atoms with E-state index in [-0.39, 0.29) is 6.04 Å². The Morgan fingerprint density at radius 2 is 1.89 bits per heavy atom. The number of nitrogens with one attached hydrogen (secondary N) is 1. The van der Waals surface area contributed by atoms with Crippen molar-refractivity contribution in [3.05, 3.63) is 69.2 Å². The van der Waals surface area contributed by atoms with E-state index in [1.807, 2.05) is 24.3 Å². The van der Waals surface area contributed by atoms with Crippen LogP contribution in [0.5, 0.6) is 0 Å². The van der Waals surface area contributed by atoms with Crippen molar-refractivity contribution in [3.8, 4) is 0 Å². The molecule has 3 rings (SSSR count). The van der Waals surface area contributed by atoms with E-state index in [0.717, 1.165) is 17.7 Å². The van der Waals surface area contributed by atoms with Gasteiger partial charge in [-0.05, 0) is 28.8 Å². The number of aliphatic hydroxyl groups excluding tert-OH is 1. The minimum atomic E-state index is -0.640. The molecule has 1 heterocycles. The van der Waals surface area contributed by atoms with Crippen LogP contribution in [-0.2, 0) is 6.54 Å². The fourth-order valence-corrected chi connectivity index (χ4v) is 2.81. The van der Waals surface area contributed by atoms with Gasteiger partial charge in [0.1, 0.15) is 0 Å². The zero-order valence-corrected chi connectivity index (χ0v) is 11.6. The van der Waals surface area contributed by atoms with Crippen LogP contribution >= 0.6 is 23.2 Å². The molecule has 1 aliphatic rings. The Balaban J connectivity index is 1.93. The van der Waals surface area contributed by atoms with Crippen molar-refractivity contribution < 1.29 is 5.11 Å². The van der Waals surface area contributed by atoms with E-state index in [1.54, 1.807) is 12.1 Å². The minimum Gasteiger partial charge on any atom is -0.386 e. The van der Waals surface area contributed by atoms with Crippen LogP contribution in [0.25, 0.3) is 0 Å². The second-order valence-electron chi connectivity index (χ2n) is 4.68. The molecule has 0 fully saturated rings. The van der Waals surface area contributed by atoms with Crippen LogP contribution in [0, 0.1) is 0 Å². The van der Waals surface area contributed by atoms with Crippen LogP contribution in [0.1, 0.15) is 28.8 Å². The van der Waals surface area contributed by atoms with Crippen molar-refractivity contribution in [2.75, 3.05) is 0 Å². The Hall–Kier alpha value is -1.06. The van der Waals surface area contributed by atoms with E-state index in [4.69, 9.17) is 23.2 Å². The number of benzene rings is 2. The molecule has 0 aliphatic carbocycles. The molecular formula is C15H13Cl2NO. The van der Waals surface area contributed by atoms with E-state index in [0.29, 0.717) is 10.0 Å². The molecule has 2 atom stereocenters. The largest absolute Gasteiger partial charge is 0.386 e. The Morgan fingerprint density at radius 1 is 1.11 bits per heavy atom. The first-order valence-electron chi connectivity index (χ1n) is 6.11. The quantitative estimate of drug-likeness (QED) is 0.881.